The molecular formula is C25H25N5O4. The van der Waals surface area contributed by atoms with Crippen molar-refractivity contribution in [2.24, 2.45) is 5.92 Å². The van der Waals surface area contributed by atoms with Crippen molar-refractivity contribution < 1.29 is 18.7 Å². The number of hydrogen-bond donors (Lipinski definition) is 2. The molecule has 0 aliphatic heterocycles. The topological polar surface area (TPSA) is 111 Å². The van der Waals surface area contributed by atoms with Crippen LogP contribution in [0, 0.1) is 5.92 Å². The smallest absolute Gasteiger partial charge is 0.229 e. The summed E-state index contributed by atoms with van der Waals surface area (Å²) in [5.41, 5.74) is 2.09. The molecule has 2 saturated carbocycles. The van der Waals surface area contributed by atoms with E-state index in [2.05, 4.69) is 20.6 Å². The van der Waals surface area contributed by atoms with Crippen molar-refractivity contribution in [1.29, 1.82) is 0 Å². The largest absolute Gasteiger partial charge is 0.490 e. The molecule has 9 nitrogen and oxygen atoms in total. The Morgan fingerprint density at radius 3 is 2.71 bits per heavy atom. The first-order valence-corrected chi connectivity index (χ1v) is 11.5. The predicted octanol–water partition coefficient (Wildman–Crippen LogP) is 4.38. The predicted molar refractivity (Wildman–Crippen MR) is 128 cm³/mol. The molecule has 2 aliphatic rings. The third kappa shape index (κ3) is 3.81. The molecule has 34 heavy (non-hydrogen) atoms. The summed E-state index contributed by atoms with van der Waals surface area (Å²) in [4.78, 5) is 25.9. The monoisotopic (exact) mass is 459 g/mol. The van der Waals surface area contributed by atoms with Crippen LogP contribution in [0.25, 0.3) is 33.3 Å². The second-order valence-corrected chi connectivity index (χ2v) is 8.87. The van der Waals surface area contributed by atoms with E-state index in [1.165, 1.54) is 0 Å². The number of anilines is 2. The molecule has 0 unspecified atom stereocenters. The van der Waals surface area contributed by atoms with Crippen LogP contribution in [-0.4, -0.2) is 47.2 Å². The molecule has 0 bridgehead atoms. The summed E-state index contributed by atoms with van der Waals surface area (Å²) in [5, 5.41) is 7.66. The summed E-state index contributed by atoms with van der Waals surface area (Å²) in [6.45, 7) is 0. The second-order valence-electron chi connectivity index (χ2n) is 8.87. The van der Waals surface area contributed by atoms with Gasteiger partial charge in [0, 0.05) is 62.1 Å². The van der Waals surface area contributed by atoms with Gasteiger partial charge in [0.05, 0.1) is 11.7 Å². The lowest BCUT2D eigenvalue weighted by molar-refractivity contribution is -0.117. The molecule has 3 heterocycles. The molecule has 0 atom stereocenters. The molecule has 0 radical (unpaired) electrons. The van der Waals surface area contributed by atoms with Gasteiger partial charge in [0.1, 0.15) is 29.0 Å². The van der Waals surface area contributed by atoms with Crippen LogP contribution in [0.2, 0.25) is 0 Å². The quantitative estimate of drug-likeness (QED) is 0.419. The van der Waals surface area contributed by atoms with Crippen LogP contribution in [0.3, 0.4) is 0 Å². The molecule has 1 aromatic carbocycles. The summed E-state index contributed by atoms with van der Waals surface area (Å²) >= 11 is 0. The Hall–Kier alpha value is -3.72. The van der Waals surface area contributed by atoms with Crippen molar-refractivity contribution in [3.63, 3.8) is 0 Å². The zero-order valence-electron chi connectivity index (χ0n) is 19.0. The minimum Gasteiger partial charge on any atom is -0.490 e. The van der Waals surface area contributed by atoms with Gasteiger partial charge in [0.25, 0.3) is 0 Å². The Morgan fingerprint density at radius 1 is 1.09 bits per heavy atom. The van der Waals surface area contributed by atoms with Gasteiger partial charge >= 0.3 is 0 Å². The van der Waals surface area contributed by atoms with Gasteiger partial charge in [-0.05, 0) is 31.0 Å². The molecule has 2 fully saturated rings. The number of carbonyl (C=O) groups is 1. The van der Waals surface area contributed by atoms with Crippen LogP contribution in [0.15, 0.2) is 41.1 Å². The molecule has 0 spiro atoms. The van der Waals surface area contributed by atoms with Gasteiger partial charge in [0.15, 0.2) is 5.58 Å². The fourth-order valence-electron chi connectivity index (χ4n) is 4.24. The minimum atomic E-state index is 0.00831. The van der Waals surface area contributed by atoms with Crippen LogP contribution in [0.4, 0.5) is 11.6 Å². The highest BCUT2D eigenvalue weighted by Gasteiger charge is 2.31. The molecule has 3 aromatic heterocycles. The number of benzene rings is 1. The van der Waals surface area contributed by atoms with Crippen LogP contribution in [-0.2, 0) is 9.53 Å². The first kappa shape index (κ1) is 20.9. The molecule has 6 rings (SSSR count). The third-order valence-corrected chi connectivity index (χ3v) is 6.49. The highest BCUT2D eigenvalue weighted by molar-refractivity contribution is 6.03. The molecule has 0 saturated heterocycles. The van der Waals surface area contributed by atoms with Crippen molar-refractivity contribution in [3.8, 4) is 17.2 Å². The summed E-state index contributed by atoms with van der Waals surface area (Å²) in [6, 6.07) is 7.50. The van der Waals surface area contributed by atoms with Crippen LogP contribution < -0.4 is 15.4 Å². The fraction of sp³-hybridized carbons (Fsp3) is 0.360. The molecule has 9 heteroatoms. The molecule has 1 amide bonds. The summed E-state index contributed by atoms with van der Waals surface area (Å²) in [7, 11) is 3.54. The fourth-order valence-corrected chi connectivity index (χ4v) is 4.24. The van der Waals surface area contributed by atoms with Crippen molar-refractivity contribution in [2.75, 3.05) is 24.8 Å². The maximum atomic E-state index is 12.3. The second kappa shape index (κ2) is 8.25. The number of rotatable bonds is 7. The van der Waals surface area contributed by atoms with E-state index in [1.807, 2.05) is 31.3 Å². The summed E-state index contributed by atoms with van der Waals surface area (Å²) in [5.74, 6) is 2.49. The highest BCUT2D eigenvalue weighted by Crippen LogP contribution is 2.36. The van der Waals surface area contributed by atoms with Gasteiger partial charge in [-0.1, -0.05) is 0 Å². The van der Waals surface area contributed by atoms with Gasteiger partial charge in [0.2, 0.25) is 11.8 Å². The lowest BCUT2D eigenvalue weighted by Crippen LogP contribution is -2.38. The Balaban J connectivity index is 1.34. The molecule has 4 aromatic rings. The van der Waals surface area contributed by atoms with Gasteiger partial charge in [-0.25, -0.2) is 15.0 Å². The summed E-state index contributed by atoms with van der Waals surface area (Å²) in [6.07, 6.45) is 7.52. The van der Waals surface area contributed by atoms with Gasteiger partial charge in [-0.3, -0.25) is 4.79 Å². The Labute approximate surface area is 195 Å². The van der Waals surface area contributed by atoms with Crippen LogP contribution >= 0.6 is 0 Å². The SMILES string of the molecule is CNc1ncc(-c2nc3cc(O[C@H]4C[C@@H](OC)C4)ccc3o2)c2cc(NC(=O)C3CC3)ncc12. The highest BCUT2D eigenvalue weighted by atomic mass is 16.5. The van der Waals surface area contributed by atoms with E-state index in [0.717, 1.165) is 47.8 Å². The number of hydrogen-bond acceptors (Lipinski definition) is 8. The summed E-state index contributed by atoms with van der Waals surface area (Å²) < 4.78 is 17.5. The Bertz CT molecular complexity index is 1390. The van der Waals surface area contributed by atoms with Crippen molar-refractivity contribution in [1.82, 2.24) is 15.0 Å². The van der Waals surface area contributed by atoms with E-state index >= 15 is 0 Å². The van der Waals surface area contributed by atoms with Crippen LogP contribution in [0.5, 0.6) is 5.75 Å². The first-order chi connectivity index (χ1) is 16.6. The lowest BCUT2D eigenvalue weighted by atomic mass is 9.92. The van der Waals surface area contributed by atoms with Crippen molar-refractivity contribution in [2.45, 2.75) is 37.9 Å². The van der Waals surface area contributed by atoms with Gasteiger partial charge in [-0.15, -0.1) is 0 Å². The van der Waals surface area contributed by atoms with E-state index in [4.69, 9.17) is 18.9 Å². The molecular weight excluding hydrogens is 434 g/mol. The first-order valence-electron chi connectivity index (χ1n) is 11.5. The standard InChI is InChI=1S/C25H25N5O4/c1-26-23-18-11-27-22(30-24(31)13-3-4-13)10-17(18)19(12-28-23)25-29-20-9-14(5-6-21(20)34-25)33-16-7-15(8-16)32-2/h5-6,9-13,15-16H,3-4,7-8H2,1-2H3,(H,26,28)(H,27,30,31)/t15-,16+. The van der Waals surface area contributed by atoms with Crippen molar-refractivity contribution in [3.05, 3.63) is 36.7 Å². The molecule has 2 N–H and O–H groups in total. The molecule has 2 aliphatic carbocycles. The number of nitrogens with zero attached hydrogens (tertiary/aromatic N) is 3. The number of ether oxygens (including phenoxy) is 2. The zero-order valence-corrected chi connectivity index (χ0v) is 19.0. The number of aromatic nitrogens is 3. The minimum absolute atomic E-state index is 0.00831. The van der Waals surface area contributed by atoms with Gasteiger partial charge < -0.3 is 24.5 Å². The average molecular weight is 460 g/mol. The third-order valence-electron chi connectivity index (χ3n) is 6.49. The maximum Gasteiger partial charge on any atom is 0.229 e. The van der Waals surface area contributed by atoms with E-state index in [9.17, 15) is 4.79 Å². The van der Waals surface area contributed by atoms with E-state index < -0.39 is 0 Å². The zero-order chi connectivity index (χ0) is 23.2. The number of pyridine rings is 2. The number of fused-ring (bicyclic) bond motifs is 2. The van der Waals surface area contributed by atoms with E-state index in [0.29, 0.717) is 28.6 Å². The average Bonchev–Trinajstić information content (AvgIpc) is 3.59. The number of nitrogens with one attached hydrogen (secondary N) is 2. The molecule has 174 valence electrons. The number of amides is 1. The Kier molecular flexibility index (Phi) is 5.06. The number of carbonyl (C=O) groups excluding carboxylic acids is 1. The van der Waals surface area contributed by atoms with Crippen LogP contribution in [0.1, 0.15) is 25.7 Å². The maximum absolute atomic E-state index is 12.3. The van der Waals surface area contributed by atoms with Crippen molar-refractivity contribution >= 4 is 39.4 Å². The van der Waals surface area contributed by atoms with Gasteiger partial charge in [-0.2, -0.15) is 0 Å². The lowest BCUT2D eigenvalue weighted by Gasteiger charge is -2.34. The Morgan fingerprint density at radius 2 is 1.94 bits per heavy atom. The number of oxazole rings is 1. The van der Waals surface area contributed by atoms with E-state index in [1.54, 1.807) is 19.5 Å². The number of methoxy groups -OCH3 is 1. The normalized spacial score (nSPS) is 19.7. The van der Waals surface area contributed by atoms with E-state index in [-0.39, 0.29) is 24.0 Å².